The van der Waals surface area contributed by atoms with E-state index in [9.17, 15) is 13.6 Å². The maximum absolute atomic E-state index is 13.4. The Morgan fingerprint density at radius 2 is 1.86 bits per heavy atom. The van der Waals surface area contributed by atoms with E-state index in [1.807, 2.05) is 20.8 Å². The number of carbonyl (C=O) groups is 1. The van der Waals surface area contributed by atoms with Crippen molar-refractivity contribution in [3.8, 4) is 0 Å². The van der Waals surface area contributed by atoms with Crippen LogP contribution in [-0.2, 0) is 4.79 Å². The second kappa shape index (κ2) is 6.64. The number of aromatic nitrogens is 2. The van der Waals surface area contributed by atoms with E-state index in [4.69, 9.17) is 0 Å². The topological polar surface area (TPSA) is 66.9 Å². The molecular weight excluding hydrogens is 290 g/mol. The molecule has 1 aromatic heterocycles. The Kier molecular flexibility index (Phi) is 4.85. The lowest BCUT2D eigenvalue weighted by Gasteiger charge is -2.16. The molecule has 1 amide bonds. The Morgan fingerprint density at radius 3 is 2.55 bits per heavy atom. The molecule has 0 radical (unpaired) electrons. The number of rotatable bonds is 5. The second-order valence-corrected chi connectivity index (χ2v) is 5.48. The van der Waals surface area contributed by atoms with Gasteiger partial charge in [0.25, 0.3) is 0 Å². The molecule has 7 heteroatoms. The van der Waals surface area contributed by atoms with Crippen molar-refractivity contribution in [1.29, 1.82) is 0 Å². The van der Waals surface area contributed by atoms with E-state index >= 15 is 0 Å². The molecule has 22 heavy (non-hydrogen) atoms. The van der Waals surface area contributed by atoms with Gasteiger partial charge in [-0.1, -0.05) is 0 Å². The van der Waals surface area contributed by atoms with Crippen LogP contribution in [-0.4, -0.2) is 28.0 Å². The molecule has 5 nitrogen and oxygen atoms in total. The maximum atomic E-state index is 13.4. The van der Waals surface area contributed by atoms with Gasteiger partial charge in [0.15, 0.2) is 11.6 Å². The predicted octanol–water partition coefficient (Wildman–Crippen LogP) is 2.62. The van der Waals surface area contributed by atoms with Gasteiger partial charge in [-0.25, -0.2) is 18.7 Å². The summed E-state index contributed by atoms with van der Waals surface area (Å²) >= 11 is 0. The van der Waals surface area contributed by atoms with Gasteiger partial charge in [0.2, 0.25) is 5.91 Å². The average Bonchev–Trinajstić information content (AvgIpc) is 2.39. The van der Waals surface area contributed by atoms with Crippen LogP contribution in [0.1, 0.15) is 27.2 Å². The van der Waals surface area contributed by atoms with Gasteiger partial charge in [0.1, 0.15) is 12.1 Å². The molecule has 2 aromatic rings. The highest BCUT2D eigenvalue weighted by Gasteiger charge is 2.14. The molecule has 2 N–H and O–H groups in total. The van der Waals surface area contributed by atoms with Crippen LogP contribution >= 0.6 is 0 Å². The van der Waals surface area contributed by atoms with E-state index in [0.717, 1.165) is 12.1 Å². The van der Waals surface area contributed by atoms with Crippen LogP contribution < -0.4 is 10.6 Å². The molecule has 118 valence electrons. The minimum Gasteiger partial charge on any atom is -0.366 e. The zero-order valence-electron chi connectivity index (χ0n) is 12.7. The number of fused-ring (bicyclic) bond motifs is 1. The summed E-state index contributed by atoms with van der Waals surface area (Å²) in [6, 6.07) is 1.92. The Balaban J connectivity index is 2.17. The van der Waals surface area contributed by atoms with Gasteiger partial charge < -0.3 is 10.6 Å². The van der Waals surface area contributed by atoms with Crippen LogP contribution in [0.5, 0.6) is 0 Å². The number of benzene rings is 1. The number of halogens is 2. The lowest BCUT2D eigenvalue weighted by atomic mass is 10.2. The Bertz CT molecular complexity index is 691. The number of hydrogen-bond acceptors (Lipinski definition) is 4. The lowest BCUT2D eigenvalue weighted by molar-refractivity contribution is -0.121. The van der Waals surface area contributed by atoms with Gasteiger partial charge in [-0.2, -0.15) is 0 Å². The van der Waals surface area contributed by atoms with E-state index in [1.165, 1.54) is 6.33 Å². The van der Waals surface area contributed by atoms with Gasteiger partial charge in [-0.05, 0) is 26.8 Å². The third kappa shape index (κ3) is 3.87. The van der Waals surface area contributed by atoms with E-state index in [1.54, 1.807) is 0 Å². The van der Waals surface area contributed by atoms with Crippen LogP contribution in [0.4, 0.5) is 14.6 Å². The Labute approximate surface area is 127 Å². The Hall–Kier alpha value is -2.31. The van der Waals surface area contributed by atoms with Crippen molar-refractivity contribution < 1.29 is 13.6 Å². The summed E-state index contributed by atoms with van der Waals surface area (Å²) in [6.45, 7) is 5.57. The van der Waals surface area contributed by atoms with Crippen molar-refractivity contribution in [1.82, 2.24) is 15.3 Å². The van der Waals surface area contributed by atoms with Crippen molar-refractivity contribution in [2.24, 2.45) is 0 Å². The quantitative estimate of drug-likeness (QED) is 0.891. The summed E-state index contributed by atoms with van der Waals surface area (Å²) < 4.78 is 26.6. The predicted molar refractivity (Wildman–Crippen MR) is 80.4 cm³/mol. The molecule has 1 aromatic carbocycles. The molecule has 1 heterocycles. The lowest BCUT2D eigenvalue weighted by Crippen LogP contribution is -2.34. The number of nitrogens with zero attached hydrogens (tertiary/aromatic N) is 2. The first kappa shape index (κ1) is 16.1. The number of carbonyl (C=O) groups excluding carboxylic acids is 1. The standard InChI is InChI=1S/C15H18F2N4O/c1-8(2)20-14(22)4-9(3)21-15-10-5-11(16)12(17)6-13(10)18-7-19-15/h5-9H,4H2,1-3H3,(H,20,22)(H,18,19,21). The molecule has 0 aliphatic carbocycles. The van der Waals surface area contributed by atoms with Gasteiger partial charge >= 0.3 is 0 Å². The second-order valence-electron chi connectivity index (χ2n) is 5.48. The van der Waals surface area contributed by atoms with Gasteiger partial charge in [0, 0.05) is 30.0 Å². The van der Waals surface area contributed by atoms with Gasteiger partial charge in [-0.3, -0.25) is 4.79 Å². The number of amides is 1. The van der Waals surface area contributed by atoms with Crippen molar-refractivity contribution in [3.05, 3.63) is 30.1 Å². The minimum absolute atomic E-state index is 0.0663. The molecule has 2 rings (SSSR count). The van der Waals surface area contributed by atoms with Gasteiger partial charge in [0.05, 0.1) is 5.52 Å². The monoisotopic (exact) mass is 308 g/mol. The van der Waals surface area contributed by atoms with Gasteiger partial charge in [-0.15, -0.1) is 0 Å². The highest BCUT2D eigenvalue weighted by Crippen LogP contribution is 2.22. The summed E-state index contributed by atoms with van der Waals surface area (Å²) in [6.07, 6.45) is 1.51. The highest BCUT2D eigenvalue weighted by atomic mass is 19.2. The van der Waals surface area contributed by atoms with Crippen molar-refractivity contribution >= 4 is 22.6 Å². The molecule has 0 saturated carbocycles. The summed E-state index contributed by atoms with van der Waals surface area (Å²) in [5, 5.41) is 6.20. The third-order valence-electron chi connectivity index (χ3n) is 3.00. The zero-order chi connectivity index (χ0) is 16.3. The van der Waals surface area contributed by atoms with Crippen LogP contribution in [0.3, 0.4) is 0 Å². The fourth-order valence-electron chi connectivity index (χ4n) is 2.11. The first-order chi connectivity index (χ1) is 10.4. The molecule has 0 bridgehead atoms. The maximum Gasteiger partial charge on any atom is 0.222 e. The first-order valence-electron chi connectivity index (χ1n) is 7.02. The fourth-order valence-corrected chi connectivity index (χ4v) is 2.11. The van der Waals surface area contributed by atoms with E-state index in [2.05, 4.69) is 20.6 Å². The first-order valence-corrected chi connectivity index (χ1v) is 7.02. The van der Waals surface area contributed by atoms with Crippen LogP contribution in [0.2, 0.25) is 0 Å². The Morgan fingerprint density at radius 1 is 1.18 bits per heavy atom. The van der Waals surface area contributed by atoms with Crippen LogP contribution in [0.15, 0.2) is 18.5 Å². The highest BCUT2D eigenvalue weighted by molar-refractivity contribution is 5.89. The molecule has 0 saturated heterocycles. The molecule has 0 aliphatic rings. The number of nitrogens with one attached hydrogen (secondary N) is 2. The minimum atomic E-state index is -0.962. The molecule has 1 unspecified atom stereocenters. The fraction of sp³-hybridized carbons (Fsp3) is 0.400. The third-order valence-corrected chi connectivity index (χ3v) is 3.00. The smallest absolute Gasteiger partial charge is 0.222 e. The van der Waals surface area contributed by atoms with E-state index in [0.29, 0.717) is 16.7 Å². The molecule has 0 aliphatic heterocycles. The summed E-state index contributed by atoms with van der Waals surface area (Å²) in [4.78, 5) is 19.7. The zero-order valence-corrected chi connectivity index (χ0v) is 12.7. The summed E-state index contributed by atoms with van der Waals surface area (Å²) in [7, 11) is 0. The summed E-state index contributed by atoms with van der Waals surface area (Å²) in [5.74, 6) is -1.64. The van der Waals surface area contributed by atoms with Crippen molar-refractivity contribution in [2.45, 2.75) is 39.3 Å². The van der Waals surface area contributed by atoms with E-state index in [-0.39, 0.29) is 24.4 Å². The van der Waals surface area contributed by atoms with Crippen LogP contribution in [0.25, 0.3) is 10.9 Å². The van der Waals surface area contributed by atoms with Crippen molar-refractivity contribution in [2.75, 3.05) is 5.32 Å². The van der Waals surface area contributed by atoms with E-state index < -0.39 is 11.6 Å². The summed E-state index contributed by atoms with van der Waals surface area (Å²) in [5.41, 5.74) is 0.301. The number of hydrogen-bond donors (Lipinski definition) is 2. The molecule has 0 fully saturated rings. The molecule has 1 atom stereocenters. The largest absolute Gasteiger partial charge is 0.366 e. The molecular formula is C15H18F2N4O. The SMILES string of the molecule is CC(C)NC(=O)CC(C)Nc1ncnc2cc(F)c(F)cc12. The molecule has 0 spiro atoms. The van der Waals surface area contributed by atoms with Crippen LogP contribution in [0, 0.1) is 11.6 Å². The number of anilines is 1. The average molecular weight is 308 g/mol. The normalized spacial score (nSPS) is 12.5. The van der Waals surface area contributed by atoms with Crippen molar-refractivity contribution in [3.63, 3.8) is 0 Å².